The summed E-state index contributed by atoms with van der Waals surface area (Å²) in [6, 6.07) is 1.39. The lowest BCUT2D eigenvalue weighted by Crippen LogP contribution is -2.28. The van der Waals surface area contributed by atoms with Crippen molar-refractivity contribution in [2.75, 3.05) is 23.8 Å². The van der Waals surface area contributed by atoms with E-state index in [1.165, 1.54) is 0 Å². The Labute approximate surface area is 126 Å². The number of aryl methyl sites for hydroxylation is 1. The lowest BCUT2D eigenvalue weighted by molar-refractivity contribution is -0.143. The largest absolute Gasteiger partial charge is 0.464 e. The molecule has 0 bridgehead atoms. The first-order chi connectivity index (χ1) is 10.1. The fourth-order valence-electron chi connectivity index (χ4n) is 1.80. The summed E-state index contributed by atoms with van der Waals surface area (Å²) >= 11 is 0. The quantitative estimate of drug-likeness (QED) is 0.682. The van der Waals surface area contributed by atoms with Gasteiger partial charge in [-0.1, -0.05) is 13.8 Å². The third-order valence-electron chi connectivity index (χ3n) is 2.81. The summed E-state index contributed by atoms with van der Waals surface area (Å²) in [6.45, 7) is 8.97. The van der Waals surface area contributed by atoms with Gasteiger partial charge in [-0.05, 0) is 26.7 Å². The molecule has 0 aromatic carbocycles. The summed E-state index contributed by atoms with van der Waals surface area (Å²) in [4.78, 5) is 20.6. The first kappa shape index (κ1) is 17.2. The van der Waals surface area contributed by atoms with Crippen molar-refractivity contribution in [2.45, 2.75) is 53.0 Å². The smallest absolute Gasteiger partial charge is 0.328 e. The van der Waals surface area contributed by atoms with E-state index >= 15 is 0 Å². The molecule has 0 aliphatic heterocycles. The standard InChI is InChI=1S/C15H26N4O2/c1-5-8-12-18-13(16-9-6-2)10-14(19-12)17-11(4)15(20)21-7-3/h10-11H,5-9H2,1-4H3,(H2,16,17,18,19). The molecule has 0 radical (unpaired) electrons. The van der Waals surface area contributed by atoms with Gasteiger partial charge in [0.15, 0.2) is 0 Å². The third kappa shape index (κ3) is 5.97. The molecular weight excluding hydrogens is 268 g/mol. The van der Waals surface area contributed by atoms with Crippen molar-refractivity contribution in [1.82, 2.24) is 9.97 Å². The molecule has 1 heterocycles. The maximum absolute atomic E-state index is 11.7. The molecule has 118 valence electrons. The number of ether oxygens (including phenoxy) is 1. The number of carbonyl (C=O) groups is 1. The number of hydrogen-bond donors (Lipinski definition) is 2. The first-order valence-electron chi connectivity index (χ1n) is 7.65. The fourth-order valence-corrected chi connectivity index (χ4v) is 1.80. The van der Waals surface area contributed by atoms with Crippen LogP contribution in [0.2, 0.25) is 0 Å². The molecule has 0 saturated heterocycles. The van der Waals surface area contributed by atoms with E-state index in [1.54, 1.807) is 13.8 Å². The van der Waals surface area contributed by atoms with Crippen LogP contribution in [-0.4, -0.2) is 35.1 Å². The number of carbonyl (C=O) groups excluding carboxylic acids is 1. The predicted molar refractivity (Wildman–Crippen MR) is 84.5 cm³/mol. The summed E-state index contributed by atoms with van der Waals surface area (Å²) in [5.74, 6) is 1.93. The van der Waals surface area contributed by atoms with Crippen LogP contribution in [0.5, 0.6) is 0 Å². The minimum absolute atomic E-state index is 0.281. The van der Waals surface area contributed by atoms with E-state index in [-0.39, 0.29) is 5.97 Å². The van der Waals surface area contributed by atoms with E-state index in [2.05, 4.69) is 34.4 Å². The Morgan fingerprint density at radius 1 is 1.24 bits per heavy atom. The van der Waals surface area contributed by atoms with Crippen molar-refractivity contribution in [1.29, 1.82) is 0 Å². The molecule has 1 unspecified atom stereocenters. The lowest BCUT2D eigenvalue weighted by atomic mass is 10.3. The van der Waals surface area contributed by atoms with E-state index in [1.807, 2.05) is 6.07 Å². The monoisotopic (exact) mass is 294 g/mol. The van der Waals surface area contributed by atoms with Crippen LogP contribution >= 0.6 is 0 Å². The molecular formula is C15H26N4O2. The first-order valence-corrected chi connectivity index (χ1v) is 7.65. The van der Waals surface area contributed by atoms with Gasteiger partial charge in [0.2, 0.25) is 0 Å². The lowest BCUT2D eigenvalue weighted by Gasteiger charge is -2.15. The van der Waals surface area contributed by atoms with Gasteiger partial charge in [0.05, 0.1) is 6.61 Å². The summed E-state index contributed by atoms with van der Waals surface area (Å²) in [5, 5.41) is 6.33. The van der Waals surface area contributed by atoms with E-state index in [9.17, 15) is 4.79 Å². The van der Waals surface area contributed by atoms with Gasteiger partial charge in [0.1, 0.15) is 23.5 Å². The van der Waals surface area contributed by atoms with E-state index in [4.69, 9.17) is 4.74 Å². The highest BCUT2D eigenvalue weighted by Crippen LogP contribution is 2.14. The number of anilines is 2. The maximum Gasteiger partial charge on any atom is 0.328 e. The van der Waals surface area contributed by atoms with Crippen LogP contribution in [0.15, 0.2) is 6.07 Å². The molecule has 0 amide bonds. The number of hydrogen-bond acceptors (Lipinski definition) is 6. The Kier molecular flexibility index (Phi) is 7.50. The summed E-state index contributed by atoms with van der Waals surface area (Å²) in [5.41, 5.74) is 0. The van der Waals surface area contributed by atoms with Crippen LogP contribution in [0.4, 0.5) is 11.6 Å². The Balaban J connectivity index is 2.83. The van der Waals surface area contributed by atoms with Crippen LogP contribution in [0.25, 0.3) is 0 Å². The van der Waals surface area contributed by atoms with Crippen LogP contribution in [-0.2, 0) is 16.0 Å². The van der Waals surface area contributed by atoms with Crippen molar-refractivity contribution in [3.05, 3.63) is 11.9 Å². The number of aromatic nitrogens is 2. The summed E-state index contributed by atoms with van der Waals surface area (Å²) in [7, 11) is 0. The average Bonchev–Trinajstić information content (AvgIpc) is 2.45. The number of nitrogens with one attached hydrogen (secondary N) is 2. The van der Waals surface area contributed by atoms with E-state index < -0.39 is 6.04 Å². The third-order valence-corrected chi connectivity index (χ3v) is 2.81. The summed E-state index contributed by atoms with van der Waals surface area (Å²) in [6.07, 6.45) is 2.81. The van der Waals surface area contributed by atoms with Crippen molar-refractivity contribution in [3.63, 3.8) is 0 Å². The second-order valence-corrected chi connectivity index (χ2v) is 4.85. The highest BCUT2D eigenvalue weighted by Gasteiger charge is 2.15. The van der Waals surface area contributed by atoms with Crippen LogP contribution < -0.4 is 10.6 Å². The average molecular weight is 294 g/mol. The Bertz CT molecular complexity index is 451. The molecule has 1 aromatic rings. The Hall–Kier alpha value is -1.85. The van der Waals surface area contributed by atoms with Crippen molar-refractivity contribution >= 4 is 17.6 Å². The topological polar surface area (TPSA) is 76.1 Å². The molecule has 1 rings (SSSR count). The van der Waals surface area contributed by atoms with Crippen molar-refractivity contribution in [2.24, 2.45) is 0 Å². The molecule has 1 aromatic heterocycles. The normalized spacial score (nSPS) is 11.8. The van der Waals surface area contributed by atoms with Gasteiger partial charge in [-0.3, -0.25) is 0 Å². The zero-order chi connectivity index (χ0) is 15.7. The molecule has 1 atom stereocenters. The second kappa shape index (κ2) is 9.15. The van der Waals surface area contributed by atoms with Gasteiger partial charge in [0.25, 0.3) is 0 Å². The molecule has 21 heavy (non-hydrogen) atoms. The van der Waals surface area contributed by atoms with Gasteiger partial charge < -0.3 is 15.4 Å². The zero-order valence-corrected chi connectivity index (χ0v) is 13.4. The molecule has 0 spiro atoms. The molecule has 0 fully saturated rings. The van der Waals surface area contributed by atoms with Gasteiger partial charge >= 0.3 is 5.97 Å². The molecule has 0 aliphatic rings. The van der Waals surface area contributed by atoms with Gasteiger partial charge in [-0.25, -0.2) is 14.8 Å². The minimum atomic E-state index is -0.437. The van der Waals surface area contributed by atoms with Gasteiger partial charge in [-0.2, -0.15) is 0 Å². The van der Waals surface area contributed by atoms with E-state index in [0.29, 0.717) is 12.4 Å². The van der Waals surface area contributed by atoms with Gasteiger partial charge in [0, 0.05) is 19.0 Å². The number of nitrogens with zero attached hydrogens (tertiary/aromatic N) is 2. The van der Waals surface area contributed by atoms with Crippen LogP contribution in [0, 0.1) is 0 Å². The van der Waals surface area contributed by atoms with Crippen molar-refractivity contribution < 1.29 is 9.53 Å². The van der Waals surface area contributed by atoms with Gasteiger partial charge in [-0.15, -0.1) is 0 Å². The van der Waals surface area contributed by atoms with Crippen LogP contribution in [0.3, 0.4) is 0 Å². The fraction of sp³-hybridized carbons (Fsp3) is 0.667. The Morgan fingerprint density at radius 3 is 2.57 bits per heavy atom. The van der Waals surface area contributed by atoms with Crippen LogP contribution in [0.1, 0.15) is 46.4 Å². The highest BCUT2D eigenvalue weighted by atomic mass is 16.5. The highest BCUT2D eigenvalue weighted by molar-refractivity contribution is 5.78. The molecule has 2 N–H and O–H groups in total. The minimum Gasteiger partial charge on any atom is -0.464 e. The van der Waals surface area contributed by atoms with E-state index in [0.717, 1.165) is 37.4 Å². The number of rotatable bonds is 9. The maximum atomic E-state index is 11.7. The molecule has 0 saturated carbocycles. The SMILES string of the molecule is CCCNc1cc(NC(C)C(=O)OCC)nc(CCC)n1. The molecule has 0 aliphatic carbocycles. The number of esters is 1. The predicted octanol–water partition coefficient (Wildman–Crippen LogP) is 2.61. The second-order valence-electron chi connectivity index (χ2n) is 4.85. The molecule has 6 heteroatoms. The van der Waals surface area contributed by atoms with Crippen molar-refractivity contribution in [3.8, 4) is 0 Å². The summed E-state index contributed by atoms with van der Waals surface area (Å²) < 4.78 is 4.99. The zero-order valence-electron chi connectivity index (χ0n) is 13.4. The Morgan fingerprint density at radius 2 is 1.95 bits per heavy atom. The molecule has 6 nitrogen and oxygen atoms in total.